The average Bonchev–Trinajstić information content (AvgIpc) is 3.77. The Labute approximate surface area is 323 Å². The second-order valence-corrected chi connectivity index (χ2v) is 14.6. The van der Waals surface area contributed by atoms with E-state index >= 15 is 0 Å². The minimum absolute atomic E-state index is 0.612. The Bertz CT molecular complexity index is 3130. The summed E-state index contributed by atoms with van der Waals surface area (Å²) in [6.45, 7) is 0. The van der Waals surface area contributed by atoms with Crippen molar-refractivity contribution < 1.29 is 4.42 Å². The number of nitrogens with zero attached hydrogens (tertiary/aromatic N) is 4. The van der Waals surface area contributed by atoms with Gasteiger partial charge in [0.2, 0.25) is 0 Å². The first-order chi connectivity index (χ1) is 26.8. The predicted molar refractivity (Wildman–Crippen MR) is 244 cm³/mol. The zero-order valence-corrected chi connectivity index (χ0v) is 31.5. The number of hydrogen-bond acceptors (Lipinski definition) is 4. The van der Waals surface area contributed by atoms with E-state index in [0.717, 1.165) is 44.3 Å². The monoisotopic (exact) mass is 700 g/mol. The molecule has 3 heterocycles. The van der Waals surface area contributed by atoms with Gasteiger partial charge >= 0.3 is 0 Å². The highest BCUT2D eigenvalue weighted by Crippen LogP contribution is 2.38. The van der Waals surface area contributed by atoms with Gasteiger partial charge in [0.15, 0.2) is 17.5 Å². The first-order valence-corrected chi connectivity index (χ1v) is 18.8. The molecule has 0 aliphatic rings. The van der Waals surface area contributed by atoms with Crippen LogP contribution in [-0.4, -0.2) is 58.8 Å². The fraction of sp³-hybridized carbons (Fsp3) is 0. The number of fused-ring (bicyclic) bond motifs is 6. The first-order valence-electron chi connectivity index (χ1n) is 18.8. The lowest BCUT2D eigenvalue weighted by atomic mass is 9.60. The molecule has 0 amide bonds. The third kappa shape index (κ3) is 5.35. The van der Waals surface area contributed by atoms with Crippen LogP contribution in [-0.2, 0) is 0 Å². The molecule has 0 saturated heterocycles. The van der Waals surface area contributed by atoms with E-state index in [1.165, 1.54) is 60.2 Å². The van der Waals surface area contributed by atoms with Gasteiger partial charge in [-0.25, -0.2) is 15.0 Å². The van der Waals surface area contributed by atoms with Crippen molar-refractivity contribution >= 4 is 110 Å². The molecule has 55 heavy (non-hydrogen) atoms. The number of aromatic nitrogens is 4. The van der Waals surface area contributed by atoms with Crippen LogP contribution in [0, 0.1) is 0 Å². The third-order valence-electron chi connectivity index (χ3n) is 11.6. The van der Waals surface area contributed by atoms with Gasteiger partial charge in [0, 0.05) is 43.9 Å². The van der Waals surface area contributed by atoms with Gasteiger partial charge in [-0.2, -0.15) is 0 Å². The molecule has 0 spiro atoms. The Balaban J connectivity index is 1.13. The van der Waals surface area contributed by atoms with Crippen molar-refractivity contribution in [3.05, 3.63) is 140 Å². The molecule has 10 heteroatoms. The molecule has 5 nitrogen and oxygen atoms in total. The van der Waals surface area contributed by atoms with Crippen LogP contribution >= 0.6 is 0 Å². The topological polar surface area (TPSA) is 56.7 Å². The van der Waals surface area contributed by atoms with Crippen molar-refractivity contribution in [1.29, 1.82) is 0 Å². The molecule has 0 radical (unpaired) electrons. The third-order valence-corrected chi connectivity index (χ3v) is 11.6. The average molecular weight is 700 g/mol. The highest BCUT2D eigenvalue weighted by molar-refractivity contribution is 6.68. The Morgan fingerprint density at radius 3 is 1.71 bits per heavy atom. The second kappa shape index (κ2) is 12.8. The highest BCUT2D eigenvalue weighted by atomic mass is 16.3. The van der Waals surface area contributed by atoms with Crippen LogP contribution in [0.4, 0.5) is 0 Å². The molecule has 254 valence electrons. The number of furan rings is 1. The number of rotatable bonds is 5. The van der Waals surface area contributed by atoms with Gasteiger partial charge in [-0.15, -0.1) is 16.4 Å². The van der Waals surface area contributed by atoms with E-state index in [9.17, 15) is 0 Å². The molecule has 0 fully saturated rings. The lowest BCUT2D eigenvalue weighted by molar-refractivity contribution is 0.669. The number of para-hydroxylation sites is 1. The zero-order valence-electron chi connectivity index (χ0n) is 31.5. The van der Waals surface area contributed by atoms with Crippen LogP contribution < -0.4 is 27.3 Å². The normalized spacial score (nSPS) is 11.6. The molecule has 3 aromatic heterocycles. The molecule has 0 saturated carbocycles. The fourth-order valence-corrected chi connectivity index (χ4v) is 8.27. The zero-order chi connectivity index (χ0) is 37.4. The van der Waals surface area contributed by atoms with E-state index in [0.29, 0.717) is 17.5 Å². The van der Waals surface area contributed by atoms with E-state index in [4.69, 9.17) is 19.4 Å². The van der Waals surface area contributed by atoms with Crippen LogP contribution in [0.2, 0.25) is 0 Å². The molecule has 0 atom stereocenters. The van der Waals surface area contributed by atoms with Crippen LogP contribution in [0.5, 0.6) is 0 Å². The van der Waals surface area contributed by atoms with Crippen LogP contribution in [0.3, 0.4) is 0 Å². The Kier molecular flexibility index (Phi) is 7.70. The minimum atomic E-state index is 0.612. The van der Waals surface area contributed by atoms with Gasteiger partial charge in [-0.1, -0.05) is 108 Å². The van der Waals surface area contributed by atoms with Crippen LogP contribution in [0.1, 0.15) is 0 Å². The largest absolute Gasteiger partial charge is 0.456 e. The standard InChI is InChI=1S/C45H33B5N4O/c46-38-37(39(47)41(49)42(50)40(38)48)45-52-43(25-11-5-2-6-12-25)51-44(53-45)27-16-19-31-32-23-28(17-20-35(32)55-36(31)22-27)54-33-14-8-7-13-29(33)30-18-15-26(21-34(30)54)24-9-3-1-4-10-24/h1-23H,46-50H2. The van der Waals surface area contributed by atoms with E-state index in [2.05, 4.69) is 153 Å². The maximum Gasteiger partial charge on any atom is 0.164 e. The smallest absolute Gasteiger partial charge is 0.164 e. The van der Waals surface area contributed by atoms with Gasteiger partial charge in [-0.05, 0) is 53.6 Å². The van der Waals surface area contributed by atoms with Gasteiger partial charge in [0.25, 0.3) is 0 Å². The Morgan fingerprint density at radius 2 is 0.964 bits per heavy atom. The summed E-state index contributed by atoms with van der Waals surface area (Å²) < 4.78 is 8.95. The van der Waals surface area contributed by atoms with Crippen LogP contribution in [0.25, 0.3) is 94.7 Å². The molecule has 0 aliphatic carbocycles. The predicted octanol–water partition coefficient (Wildman–Crippen LogP) is 2.83. The van der Waals surface area contributed by atoms with E-state index in [1.54, 1.807) is 0 Å². The quantitative estimate of drug-likeness (QED) is 0.260. The van der Waals surface area contributed by atoms with E-state index in [1.807, 2.05) is 30.3 Å². The fourth-order valence-electron chi connectivity index (χ4n) is 8.27. The van der Waals surface area contributed by atoms with Crippen molar-refractivity contribution in [3.8, 4) is 51.0 Å². The molecule has 10 rings (SSSR count). The van der Waals surface area contributed by atoms with Gasteiger partial charge in [-0.3, -0.25) is 0 Å². The molecule has 7 aromatic carbocycles. The maximum absolute atomic E-state index is 6.57. The lowest BCUT2D eigenvalue weighted by Gasteiger charge is -2.20. The molecular formula is C45H33B5N4O. The number of benzene rings is 7. The summed E-state index contributed by atoms with van der Waals surface area (Å²) >= 11 is 0. The summed E-state index contributed by atoms with van der Waals surface area (Å²) in [5.74, 6) is 1.94. The van der Waals surface area contributed by atoms with E-state index in [-0.39, 0.29) is 0 Å². The summed E-state index contributed by atoms with van der Waals surface area (Å²) in [6.07, 6.45) is 0. The molecule has 0 bridgehead atoms. The van der Waals surface area contributed by atoms with E-state index < -0.39 is 0 Å². The molecule has 0 unspecified atom stereocenters. The summed E-state index contributed by atoms with van der Waals surface area (Å²) in [7, 11) is 10.9. The Morgan fingerprint density at radius 1 is 0.382 bits per heavy atom. The second-order valence-electron chi connectivity index (χ2n) is 14.6. The molecular weight excluding hydrogens is 667 g/mol. The van der Waals surface area contributed by atoms with Gasteiger partial charge < -0.3 is 8.98 Å². The molecule has 10 aromatic rings. The molecule has 0 aliphatic heterocycles. The SMILES string of the molecule is Bc1c(B)c(B)c(-c2nc(-c3ccccc3)nc(-c3ccc4c(c3)oc3ccc(-n5c6ccccc6c6ccc(-c7ccccc7)cc65)cc34)n2)c(B)c1B. The van der Waals surface area contributed by atoms with Crippen molar-refractivity contribution in [2.45, 2.75) is 0 Å². The summed E-state index contributed by atoms with van der Waals surface area (Å²) in [4.78, 5) is 15.3. The minimum Gasteiger partial charge on any atom is -0.456 e. The summed E-state index contributed by atoms with van der Waals surface area (Å²) in [5, 5.41) is 4.56. The van der Waals surface area contributed by atoms with Crippen molar-refractivity contribution in [2.24, 2.45) is 0 Å². The van der Waals surface area contributed by atoms with Crippen molar-refractivity contribution in [3.63, 3.8) is 0 Å². The lowest BCUT2D eigenvalue weighted by Crippen LogP contribution is -2.55. The number of hydrogen-bond donors (Lipinski definition) is 0. The Hall–Kier alpha value is -6.53. The molecule has 0 N–H and O–H groups in total. The van der Waals surface area contributed by atoms with Gasteiger partial charge in [0.05, 0.1) is 11.0 Å². The first kappa shape index (κ1) is 33.1. The summed E-state index contributed by atoms with van der Waals surface area (Å²) in [5.41, 5.74) is 16.5. The van der Waals surface area contributed by atoms with Crippen molar-refractivity contribution in [1.82, 2.24) is 19.5 Å². The summed E-state index contributed by atoms with van der Waals surface area (Å²) in [6, 6.07) is 49.0. The van der Waals surface area contributed by atoms with Gasteiger partial charge in [0.1, 0.15) is 50.4 Å². The maximum atomic E-state index is 6.57. The highest BCUT2D eigenvalue weighted by Gasteiger charge is 2.20. The van der Waals surface area contributed by atoms with Crippen LogP contribution in [0.15, 0.2) is 144 Å². The van der Waals surface area contributed by atoms with Crippen molar-refractivity contribution in [2.75, 3.05) is 0 Å².